The maximum Gasteiger partial charge on any atom is 0.181 e. The number of thiazole rings is 1. The number of hydrogen-bond acceptors (Lipinski definition) is 4. The van der Waals surface area contributed by atoms with Crippen LogP contribution in [0, 0.1) is 5.82 Å². The highest BCUT2D eigenvalue weighted by atomic mass is 79.9. The van der Waals surface area contributed by atoms with Crippen molar-refractivity contribution in [2.75, 3.05) is 5.73 Å². The first kappa shape index (κ1) is 11.9. The van der Waals surface area contributed by atoms with Crippen molar-refractivity contribution in [2.45, 2.75) is 9.96 Å². The van der Waals surface area contributed by atoms with Gasteiger partial charge in [-0.3, -0.25) is 0 Å². The van der Waals surface area contributed by atoms with Crippen LogP contribution in [0.4, 0.5) is 9.52 Å². The predicted molar refractivity (Wildman–Crippen MR) is 70.2 cm³/mol. The molecule has 2 rings (SSSR count). The van der Waals surface area contributed by atoms with Crippen LogP contribution in [0.25, 0.3) is 0 Å². The van der Waals surface area contributed by atoms with Crippen LogP contribution < -0.4 is 5.73 Å². The summed E-state index contributed by atoms with van der Waals surface area (Å²) >= 11 is 6.43. The van der Waals surface area contributed by atoms with Crippen LogP contribution in [0.3, 0.4) is 0 Å². The minimum Gasteiger partial charge on any atom is -0.375 e. The van der Waals surface area contributed by atoms with Crippen molar-refractivity contribution in [3.8, 4) is 0 Å². The fraction of sp³-hybridized carbons (Fsp3) is 0.100. The molecule has 0 radical (unpaired) electrons. The van der Waals surface area contributed by atoms with Crippen molar-refractivity contribution in [1.29, 1.82) is 0 Å². The largest absolute Gasteiger partial charge is 0.375 e. The summed E-state index contributed by atoms with van der Waals surface area (Å²) in [5.74, 6) is 0.533. The van der Waals surface area contributed by atoms with Gasteiger partial charge in [0.05, 0.1) is 10.4 Å². The van der Waals surface area contributed by atoms with Crippen LogP contribution in [0.2, 0.25) is 0 Å². The van der Waals surface area contributed by atoms with Crippen molar-refractivity contribution in [3.05, 3.63) is 40.2 Å². The monoisotopic (exact) mass is 318 g/mol. The summed E-state index contributed by atoms with van der Waals surface area (Å²) in [6, 6.07) is 4.70. The maximum atomic E-state index is 12.9. The van der Waals surface area contributed by atoms with Crippen molar-refractivity contribution in [1.82, 2.24) is 4.98 Å². The smallest absolute Gasteiger partial charge is 0.181 e. The van der Waals surface area contributed by atoms with Crippen molar-refractivity contribution in [2.24, 2.45) is 0 Å². The minimum atomic E-state index is -0.234. The Bertz CT molecular complexity index is 501. The lowest BCUT2D eigenvalue weighted by molar-refractivity contribution is 0.626. The molecule has 6 heteroatoms. The Morgan fingerprint density at radius 2 is 2.31 bits per heavy atom. The maximum absolute atomic E-state index is 12.9. The number of rotatable bonds is 3. The molecule has 2 nitrogen and oxygen atoms in total. The van der Waals surface area contributed by atoms with Crippen molar-refractivity contribution < 1.29 is 4.39 Å². The number of hydrogen-bond donors (Lipinski definition) is 1. The number of thioether (sulfide) groups is 1. The normalized spacial score (nSPS) is 10.6. The highest BCUT2D eigenvalue weighted by Gasteiger charge is 2.04. The van der Waals surface area contributed by atoms with Crippen molar-refractivity contribution in [3.63, 3.8) is 0 Å². The van der Waals surface area contributed by atoms with Crippen LogP contribution in [-0.2, 0) is 5.75 Å². The molecule has 0 amide bonds. The third-order valence-corrected chi connectivity index (χ3v) is 4.70. The Balaban J connectivity index is 2.04. The Hall–Kier alpha value is -0.590. The molecule has 1 aromatic heterocycles. The van der Waals surface area contributed by atoms with E-state index in [1.165, 1.54) is 23.5 Å². The summed E-state index contributed by atoms with van der Waals surface area (Å²) in [4.78, 5) is 3.97. The average Bonchev–Trinajstić information content (AvgIpc) is 2.63. The van der Waals surface area contributed by atoms with Crippen LogP contribution in [0.5, 0.6) is 0 Å². The Morgan fingerprint density at radius 1 is 1.50 bits per heavy atom. The molecule has 0 saturated carbocycles. The molecule has 16 heavy (non-hydrogen) atoms. The number of anilines is 1. The van der Waals surface area contributed by atoms with E-state index >= 15 is 0 Å². The quantitative estimate of drug-likeness (QED) is 0.872. The number of aromatic nitrogens is 1. The van der Waals surface area contributed by atoms with Gasteiger partial charge in [0.1, 0.15) is 5.82 Å². The lowest BCUT2D eigenvalue weighted by atomic mass is 10.2. The van der Waals surface area contributed by atoms with E-state index in [-0.39, 0.29) is 5.82 Å². The molecule has 2 aromatic rings. The zero-order valence-electron chi connectivity index (χ0n) is 8.11. The molecule has 0 unspecified atom stereocenters. The van der Waals surface area contributed by atoms with E-state index in [4.69, 9.17) is 5.73 Å². The number of benzene rings is 1. The molecule has 0 saturated heterocycles. The Morgan fingerprint density at radius 3 is 2.94 bits per heavy atom. The van der Waals surface area contributed by atoms with E-state index in [0.717, 1.165) is 20.0 Å². The van der Waals surface area contributed by atoms with Crippen LogP contribution >= 0.6 is 39.0 Å². The molecule has 2 N–H and O–H groups in total. The third-order valence-electron chi connectivity index (χ3n) is 1.89. The fourth-order valence-electron chi connectivity index (χ4n) is 1.13. The average molecular weight is 319 g/mol. The van der Waals surface area contributed by atoms with Gasteiger partial charge in [0.15, 0.2) is 5.13 Å². The summed E-state index contributed by atoms with van der Waals surface area (Å²) in [5, 5.41) is 0.570. The highest BCUT2D eigenvalue weighted by molar-refractivity contribution is 9.10. The minimum absolute atomic E-state index is 0.234. The summed E-state index contributed by atoms with van der Waals surface area (Å²) in [6.07, 6.45) is 1.75. The van der Waals surface area contributed by atoms with E-state index in [2.05, 4.69) is 20.9 Å². The van der Waals surface area contributed by atoms with Crippen LogP contribution in [-0.4, -0.2) is 4.98 Å². The Kier molecular flexibility index (Phi) is 3.83. The van der Waals surface area contributed by atoms with Gasteiger partial charge < -0.3 is 5.73 Å². The van der Waals surface area contributed by atoms with Crippen molar-refractivity contribution >= 4 is 44.2 Å². The molecule has 0 aliphatic carbocycles. The predicted octanol–water partition coefficient (Wildman–Crippen LogP) is 3.92. The summed E-state index contributed by atoms with van der Waals surface area (Å²) in [5.41, 5.74) is 6.59. The summed E-state index contributed by atoms with van der Waals surface area (Å²) in [6.45, 7) is 0. The van der Waals surface area contributed by atoms with E-state index in [9.17, 15) is 4.39 Å². The Labute approximate surface area is 109 Å². The SMILES string of the molecule is Nc1ncc(SCc2ccc(F)cc2Br)s1. The van der Waals surface area contributed by atoms with Crippen LogP contribution in [0.15, 0.2) is 33.1 Å². The van der Waals surface area contributed by atoms with Gasteiger partial charge in [-0.05, 0) is 17.7 Å². The first-order chi connectivity index (χ1) is 7.65. The molecule has 1 heterocycles. The van der Waals surface area contributed by atoms with Gasteiger partial charge in [-0.1, -0.05) is 33.3 Å². The van der Waals surface area contributed by atoms with E-state index in [0.29, 0.717) is 5.13 Å². The molecular formula is C10H8BrFN2S2. The van der Waals surface area contributed by atoms with Gasteiger partial charge in [-0.25, -0.2) is 9.37 Å². The number of nitrogen functional groups attached to an aromatic ring is 1. The molecule has 1 aromatic carbocycles. The lowest BCUT2D eigenvalue weighted by Crippen LogP contribution is -1.84. The van der Waals surface area contributed by atoms with Gasteiger partial charge in [-0.15, -0.1) is 11.8 Å². The fourth-order valence-corrected chi connectivity index (χ4v) is 3.57. The highest BCUT2D eigenvalue weighted by Crippen LogP contribution is 2.31. The van der Waals surface area contributed by atoms with Crippen LogP contribution in [0.1, 0.15) is 5.56 Å². The van der Waals surface area contributed by atoms with Gasteiger partial charge in [-0.2, -0.15) is 0 Å². The second-order valence-corrected chi connectivity index (χ2v) is 6.23. The molecule has 0 fully saturated rings. The summed E-state index contributed by atoms with van der Waals surface area (Å²) < 4.78 is 14.7. The standard InChI is InChI=1S/C10H8BrFN2S2/c11-8-3-7(12)2-1-6(8)5-15-9-4-14-10(13)16-9/h1-4H,5H2,(H2,13,14). The van der Waals surface area contributed by atoms with Gasteiger partial charge in [0.25, 0.3) is 0 Å². The number of nitrogens with zero attached hydrogens (tertiary/aromatic N) is 1. The third kappa shape index (κ3) is 2.96. The topological polar surface area (TPSA) is 38.9 Å². The first-order valence-corrected chi connectivity index (χ1v) is 7.02. The zero-order valence-corrected chi connectivity index (χ0v) is 11.3. The first-order valence-electron chi connectivity index (χ1n) is 4.43. The van der Waals surface area contributed by atoms with E-state index in [1.54, 1.807) is 24.0 Å². The second kappa shape index (κ2) is 5.16. The van der Waals surface area contributed by atoms with E-state index in [1.807, 2.05) is 0 Å². The molecule has 0 aliphatic rings. The number of halogens is 2. The zero-order chi connectivity index (χ0) is 11.5. The van der Waals surface area contributed by atoms with Gasteiger partial charge in [0, 0.05) is 10.2 Å². The molecule has 0 aliphatic heterocycles. The number of nitrogens with two attached hydrogens (primary N) is 1. The lowest BCUT2D eigenvalue weighted by Gasteiger charge is -2.02. The molecular weight excluding hydrogens is 311 g/mol. The summed E-state index contributed by atoms with van der Waals surface area (Å²) in [7, 11) is 0. The van der Waals surface area contributed by atoms with Gasteiger partial charge >= 0.3 is 0 Å². The molecule has 0 bridgehead atoms. The van der Waals surface area contributed by atoms with Gasteiger partial charge in [0.2, 0.25) is 0 Å². The molecule has 0 atom stereocenters. The van der Waals surface area contributed by atoms with E-state index < -0.39 is 0 Å². The molecule has 84 valence electrons. The molecule has 0 spiro atoms. The second-order valence-electron chi connectivity index (χ2n) is 3.04.